The van der Waals surface area contributed by atoms with Gasteiger partial charge in [0, 0.05) is 23.7 Å². The molecule has 3 atom stereocenters. The lowest BCUT2D eigenvalue weighted by Crippen LogP contribution is -2.46. The summed E-state index contributed by atoms with van der Waals surface area (Å²) >= 11 is 0. The number of nitrogens with zero attached hydrogens (tertiary/aromatic N) is 2. The summed E-state index contributed by atoms with van der Waals surface area (Å²) in [7, 11) is 0. The number of hydrogen-bond donors (Lipinski definition) is 1. The van der Waals surface area contributed by atoms with Crippen molar-refractivity contribution in [2.24, 2.45) is 5.92 Å². The van der Waals surface area contributed by atoms with Gasteiger partial charge in [-0.1, -0.05) is 18.9 Å². The van der Waals surface area contributed by atoms with E-state index >= 15 is 0 Å². The van der Waals surface area contributed by atoms with Crippen molar-refractivity contribution in [3.63, 3.8) is 0 Å². The minimum atomic E-state index is -1.00. The van der Waals surface area contributed by atoms with Gasteiger partial charge in [-0.25, -0.2) is 4.79 Å². The largest absolute Gasteiger partial charge is 0.480 e. The Bertz CT molecular complexity index is 660. The molecule has 1 heterocycles. The zero-order valence-corrected chi connectivity index (χ0v) is 12.6. The second-order valence-electron chi connectivity index (χ2n) is 6.22. The number of benzene rings is 1. The Balaban J connectivity index is 1.93. The first-order valence-electron chi connectivity index (χ1n) is 7.79. The smallest absolute Gasteiger partial charge is 0.326 e. The molecule has 0 radical (unpaired) electrons. The number of aliphatic carboxylic acids is 1. The summed E-state index contributed by atoms with van der Waals surface area (Å²) in [5.41, 5.74) is 0.0128. The summed E-state index contributed by atoms with van der Waals surface area (Å²) in [5, 5.41) is 20.4. The van der Waals surface area contributed by atoms with E-state index in [4.69, 9.17) is 0 Å². The van der Waals surface area contributed by atoms with Gasteiger partial charge in [0.1, 0.15) is 6.04 Å². The average Bonchev–Trinajstić information content (AvgIpc) is 2.94. The monoisotopic (exact) mass is 318 g/mol. The molecule has 7 nitrogen and oxygen atoms in total. The van der Waals surface area contributed by atoms with Crippen molar-refractivity contribution in [2.75, 3.05) is 0 Å². The molecule has 0 aromatic heterocycles. The van der Waals surface area contributed by atoms with E-state index in [0.717, 1.165) is 25.7 Å². The van der Waals surface area contributed by atoms with Crippen LogP contribution in [0.4, 0.5) is 5.69 Å². The van der Waals surface area contributed by atoms with E-state index < -0.39 is 22.8 Å². The van der Waals surface area contributed by atoms with Crippen LogP contribution in [0, 0.1) is 16.0 Å². The number of likely N-dealkylation sites (tertiary alicyclic amines) is 1. The van der Waals surface area contributed by atoms with Crippen LogP contribution < -0.4 is 0 Å². The number of fused-ring (bicyclic) bond motifs is 1. The molecule has 0 bridgehead atoms. The third kappa shape index (κ3) is 2.78. The van der Waals surface area contributed by atoms with Gasteiger partial charge >= 0.3 is 5.97 Å². The molecular weight excluding hydrogens is 300 g/mol. The summed E-state index contributed by atoms with van der Waals surface area (Å²) in [6.45, 7) is 0. The van der Waals surface area contributed by atoms with E-state index in [1.807, 2.05) is 0 Å². The Morgan fingerprint density at radius 1 is 1.26 bits per heavy atom. The Kier molecular flexibility index (Phi) is 4.02. The zero-order valence-electron chi connectivity index (χ0n) is 12.6. The lowest BCUT2D eigenvalue weighted by Gasteiger charge is -2.33. The summed E-state index contributed by atoms with van der Waals surface area (Å²) in [4.78, 5) is 36.2. The van der Waals surface area contributed by atoms with Crippen molar-refractivity contribution in [1.29, 1.82) is 0 Å². The fourth-order valence-corrected chi connectivity index (χ4v) is 3.87. The SMILES string of the molecule is O=C(O)C1CC2CCCCC2N1C(=O)c1cccc([N+](=O)[O-])c1. The highest BCUT2D eigenvalue weighted by atomic mass is 16.6. The lowest BCUT2D eigenvalue weighted by atomic mass is 9.84. The fourth-order valence-electron chi connectivity index (χ4n) is 3.87. The third-order valence-corrected chi connectivity index (χ3v) is 4.91. The summed E-state index contributed by atoms with van der Waals surface area (Å²) in [6, 6.07) is 4.59. The molecule has 1 N–H and O–H groups in total. The first-order valence-corrected chi connectivity index (χ1v) is 7.79. The molecule has 1 aromatic rings. The number of carboxylic acid groups (broad SMARTS) is 1. The maximum atomic E-state index is 12.8. The predicted molar refractivity (Wildman–Crippen MR) is 81.1 cm³/mol. The van der Waals surface area contributed by atoms with Crippen LogP contribution in [0.1, 0.15) is 42.5 Å². The van der Waals surface area contributed by atoms with Crippen LogP contribution in [0.2, 0.25) is 0 Å². The topological polar surface area (TPSA) is 101 Å². The molecule has 23 heavy (non-hydrogen) atoms. The molecule has 1 aliphatic heterocycles. The Morgan fingerprint density at radius 3 is 2.70 bits per heavy atom. The second kappa shape index (κ2) is 5.98. The average molecular weight is 318 g/mol. The quantitative estimate of drug-likeness (QED) is 0.681. The van der Waals surface area contributed by atoms with Crippen LogP contribution >= 0.6 is 0 Å². The maximum absolute atomic E-state index is 12.8. The molecule has 3 unspecified atom stereocenters. The zero-order chi connectivity index (χ0) is 16.6. The molecule has 2 fully saturated rings. The van der Waals surface area contributed by atoms with Crippen LogP contribution in [0.15, 0.2) is 24.3 Å². The van der Waals surface area contributed by atoms with Crippen molar-refractivity contribution in [3.05, 3.63) is 39.9 Å². The Morgan fingerprint density at radius 2 is 2.00 bits per heavy atom. The van der Waals surface area contributed by atoms with E-state index in [1.54, 1.807) is 0 Å². The predicted octanol–water partition coefficient (Wildman–Crippen LogP) is 2.45. The number of nitro groups is 1. The van der Waals surface area contributed by atoms with Gasteiger partial charge in [-0.3, -0.25) is 14.9 Å². The van der Waals surface area contributed by atoms with Crippen LogP contribution in [0.3, 0.4) is 0 Å². The number of amides is 1. The van der Waals surface area contributed by atoms with Crippen LogP contribution in [0.5, 0.6) is 0 Å². The Hall–Kier alpha value is -2.44. The summed E-state index contributed by atoms with van der Waals surface area (Å²) in [5.74, 6) is -1.21. The highest BCUT2D eigenvalue weighted by Crippen LogP contribution is 2.40. The minimum Gasteiger partial charge on any atom is -0.480 e. The Labute approximate surface area is 133 Å². The number of rotatable bonds is 3. The van der Waals surface area contributed by atoms with E-state index in [2.05, 4.69) is 0 Å². The minimum absolute atomic E-state index is 0.0726. The number of carbonyl (C=O) groups is 2. The highest BCUT2D eigenvalue weighted by Gasteiger charge is 2.47. The first-order chi connectivity index (χ1) is 11.0. The van der Waals surface area contributed by atoms with Crippen LogP contribution in [-0.2, 0) is 4.79 Å². The van der Waals surface area contributed by atoms with Crippen molar-refractivity contribution < 1.29 is 19.6 Å². The molecule has 1 aromatic carbocycles. The first kappa shape index (κ1) is 15.5. The maximum Gasteiger partial charge on any atom is 0.326 e. The molecule has 1 aliphatic carbocycles. The van der Waals surface area contributed by atoms with E-state index in [9.17, 15) is 24.8 Å². The van der Waals surface area contributed by atoms with Crippen LogP contribution in [0.25, 0.3) is 0 Å². The van der Waals surface area contributed by atoms with E-state index in [0.29, 0.717) is 6.42 Å². The molecule has 0 spiro atoms. The van der Waals surface area contributed by atoms with Gasteiger partial charge in [-0.15, -0.1) is 0 Å². The van der Waals surface area contributed by atoms with E-state index in [-0.39, 0.29) is 23.2 Å². The van der Waals surface area contributed by atoms with Gasteiger partial charge in [0.15, 0.2) is 0 Å². The molecule has 122 valence electrons. The van der Waals surface area contributed by atoms with Crippen molar-refractivity contribution in [3.8, 4) is 0 Å². The van der Waals surface area contributed by atoms with Gasteiger partial charge in [0.2, 0.25) is 0 Å². The number of hydrogen-bond acceptors (Lipinski definition) is 4. The van der Waals surface area contributed by atoms with Crippen molar-refractivity contribution in [2.45, 2.75) is 44.2 Å². The number of carbonyl (C=O) groups excluding carboxylic acids is 1. The molecule has 1 amide bonds. The number of carboxylic acids is 1. The molecule has 3 rings (SSSR count). The normalized spacial score (nSPS) is 26.6. The molecule has 1 saturated heterocycles. The summed E-state index contributed by atoms with van der Waals surface area (Å²) < 4.78 is 0. The van der Waals surface area contributed by atoms with Gasteiger partial charge < -0.3 is 10.0 Å². The van der Waals surface area contributed by atoms with Crippen LogP contribution in [-0.4, -0.2) is 38.9 Å². The lowest BCUT2D eigenvalue weighted by molar-refractivity contribution is -0.384. The standard InChI is InChI=1S/C16H18N2O5/c19-15(11-5-3-6-12(8-11)18(22)23)17-13-7-2-1-4-10(13)9-14(17)16(20)21/h3,5-6,8,10,13-14H,1-2,4,7,9H2,(H,20,21). The molecule has 2 aliphatic rings. The van der Waals surface area contributed by atoms with Gasteiger partial charge in [0.25, 0.3) is 11.6 Å². The van der Waals surface area contributed by atoms with Gasteiger partial charge in [-0.05, 0) is 31.2 Å². The highest BCUT2D eigenvalue weighted by molar-refractivity contribution is 5.97. The fraction of sp³-hybridized carbons (Fsp3) is 0.500. The number of non-ortho nitro benzene ring substituents is 1. The van der Waals surface area contributed by atoms with Gasteiger partial charge in [0.05, 0.1) is 4.92 Å². The second-order valence-corrected chi connectivity index (χ2v) is 6.22. The summed E-state index contributed by atoms with van der Waals surface area (Å²) in [6.07, 6.45) is 4.25. The van der Waals surface area contributed by atoms with E-state index in [1.165, 1.54) is 29.2 Å². The van der Waals surface area contributed by atoms with Gasteiger partial charge in [-0.2, -0.15) is 0 Å². The third-order valence-electron chi connectivity index (χ3n) is 4.91. The molecule has 7 heteroatoms. The molecule has 1 saturated carbocycles. The van der Waals surface area contributed by atoms with Crippen molar-refractivity contribution >= 4 is 17.6 Å². The number of nitro benzene ring substituents is 1. The van der Waals surface area contributed by atoms with Crippen molar-refractivity contribution in [1.82, 2.24) is 4.90 Å². The molecular formula is C16H18N2O5.